The molecule has 0 bridgehead atoms. The van der Waals surface area contributed by atoms with Gasteiger partial charge in [0.15, 0.2) is 0 Å². The molecule has 0 unspecified atom stereocenters. The highest BCUT2D eigenvalue weighted by Gasteiger charge is 2.12. The molecule has 0 fully saturated rings. The van der Waals surface area contributed by atoms with Crippen molar-refractivity contribution < 1.29 is 9.53 Å². The SMILES string of the molecule is O=C(Nc1cnccc1-c1ccc([C@H]2C=C[C]=CC2)cc1)OCCc1ccccc1. The summed E-state index contributed by atoms with van der Waals surface area (Å²) < 4.78 is 5.34. The third-order valence-electron chi connectivity index (χ3n) is 5.09. The Bertz CT molecular complexity index is 1040. The topological polar surface area (TPSA) is 51.2 Å². The van der Waals surface area contributed by atoms with Crippen LogP contribution in [0.5, 0.6) is 0 Å². The quantitative estimate of drug-likeness (QED) is 0.562. The van der Waals surface area contributed by atoms with Crippen LogP contribution in [0.15, 0.2) is 91.3 Å². The van der Waals surface area contributed by atoms with Gasteiger partial charge < -0.3 is 4.74 Å². The molecule has 1 amide bonds. The first-order valence-corrected chi connectivity index (χ1v) is 10.1. The number of nitrogens with zero attached hydrogens (tertiary/aromatic N) is 1. The van der Waals surface area contributed by atoms with Crippen LogP contribution >= 0.6 is 0 Å². The molecule has 30 heavy (non-hydrogen) atoms. The molecule has 4 rings (SSSR count). The second-order valence-corrected chi connectivity index (χ2v) is 7.11. The van der Waals surface area contributed by atoms with Crippen molar-refractivity contribution in [1.82, 2.24) is 4.98 Å². The van der Waals surface area contributed by atoms with E-state index in [0.29, 0.717) is 24.6 Å². The maximum absolute atomic E-state index is 12.3. The molecule has 149 valence electrons. The van der Waals surface area contributed by atoms with Crippen molar-refractivity contribution >= 4 is 11.8 Å². The Labute approximate surface area is 176 Å². The van der Waals surface area contributed by atoms with Gasteiger partial charge in [-0.15, -0.1) is 0 Å². The second kappa shape index (κ2) is 9.70. The number of anilines is 1. The lowest BCUT2D eigenvalue weighted by atomic mass is 9.91. The van der Waals surface area contributed by atoms with Crippen LogP contribution in [0.3, 0.4) is 0 Å². The maximum atomic E-state index is 12.3. The highest BCUT2D eigenvalue weighted by Crippen LogP contribution is 2.30. The van der Waals surface area contributed by atoms with E-state index in [4.69, 9.17) is 4.74 Å². The van der Waals surface area contributed by atoms with Crippen LogP contribution < -0.4 is 5.32 Å². The molecule has 1 N–H and O–H groups in total. The molecular weight excluding hydrogens is 372 g/mol. The van der Waals surface area contributed by atoms with E-state index in [1.54, 1.807) is 12.4 Å². The molecule has 1 aliphatic rings. The summed E-state index contributed by atoms with van der Waals surface area (Å²) in [6, 6.07) is 20.3. The van der Waals surface area contributed by atoms with Crippen molar-refractivity contribution in [3.8, 4) is 11.1 Å². The van der Waals surface area contributed by atoms with Crippen molar-refractivity contribution in [1.29, 1.82) is 0 Å². The third-order valence-corrected chi connectivity index (χ3v) is 5.09. The van der Waals surface area contributed by atoms with E-state index in [2.05, 4.69) is 52.8 Å². The number of aromatic nitrogens is 1. The predicted molar refractivity (Wildman–Crippen MR) is 119 cm³/mol. The van der Waals surface area contributed by atoms with E-state index >= 15 is 0 Å². The molecule has 1 radical (unpaired) electrons. The lowest BCUT2D eigenvalue weighted by molar-refractivity contribution is 0.163. The zero-order chi connectivity index (χ0) is 20.6. The number of benzene rings is 2. The first-order valence-electron chi connectivity index (χ1n) is 10.1. The third kappa shape index (κ3) is 5.03. The molecule has 0 aliphatic heterocycles. The highest BCUT2D eigenvalue weighted by molar-refractivity contribution is 5.91. The summed E-state index contributed by atoms with van der Waals surface area (Å²) in [6.07, 6.45) is 13.8. The monoisotopic (exact) mass is 395 g/mol. The Morgan fingerprint density at radius 2 is 1.93 bits per heavy atom. The summed E-state index contributed by atoms with van der Waals surface area (Å²) in [7, 11) is 0. The number of pyridine rings is 1. The molecule has 0 saturated heterocycles. The van der Waals surface area contributed by atoms with Gasteiger partial charge in [-0.3, -0.25) is 10.3 Å². The predicted octanol–water partition coefficient (Wildman–Crippen LogP) is 5.94. The molecule has 4 nitrogen and oxygen atoms in total. The van der Waals surface area contributed by atoms with Crippen molar-refractivity contribution in [3.63, 3.8) is 0 Å². The van der Waals surface area contributed by atoms with Crippen LogP contribution in [-0.4, -0.2) is 17.7 Å². The van der Waals surface area contributed by atoms with Gasteiger partial charge in [0, 0.05) is 24.1 Å². The Morgan fingerprint density at radius 3 is 2.70 bits per heavy atom. The van der Waals surface area contributed by atoms with Gasteiger partial charge in [-0.05, 0) is 35.3 Å². The van der Waals surface area contributed by atoms with Crippen molar-refractivity contribution in [3.05, 3.63) is 108 Å². The van der Waals surface area contributed by atoms with Gasteiger partial charge >= 0.3 is 6.09 Å². The van der Waals surface area contributed by atoms with Crippen LogP contribution in [0.4, 0.5) is 10.5 Å². The van der Waals surface area contributed by atoms with Crippen LogP contribution in [0.25, 0.3) is 11.1 Å². The zero-order valence-electron chi connectivity index (χ0n) is 16.6. The number of allylic oxidation sites excluding steroid dienone is 4. The van der Waals surface area contributed by atoms with E-state index in [-0.39, 0.29) is 0 Å². The highest BCUT2D eigenvalue weighted by atomic mass is 16.5. The standard InChI is InChI=1S/C26H23N2O2/c29-26(30-18-16-20-7-3-1-4-8-20)28-25-19-27-17-15-24(25)23-13-11-22(12-14-23)21-9-5-2-6-10-21/h1,3-9,11-15,17,19,21H,10,16,18H2,(H,28,29)/t21-/m0/s1. The van der Waals surface area contributed by atoms with Gasteiger partial charge in [0.1, 0.15) is 0 Å². The van der Waals surface area contributed by atoms with Gasteiger partial charge in [-0.2, -0.15) is 0 Å². The lowest BCUT2D eigenvalue weighted by Crippen LogP contribution is -2.16. The Balaban J connectivity index is 1.40. The fraction of sp³-hybridized carbons (Fsp3) is 0.154. The second-order valence-electron chi connectivity index (χ2n) is 7.11. The van der Waals surface area contributed by atoms with Gasteiger partial charge in [-0.1, -0.05) is 72.8 Å². The number of ether oxygens (including phenoxy) is 1. The minimum Gasteiger partial charge on any atom is -0.449 e. The number of amides is 1. The maximum Gasteiger partial charge on any atom is 0.411 e. The number of carbonyl (C=O) groups excluding carboxylic acids is 1. The van der Waals surface area contributed by atoms with Gasteiger partial charge in [0.2, 0.25) is 0 Å². The van der Waals surface area contributed by atoms with E-state index in [0.717, 1.165) is 23.1 Å². The summed E-state index contributed by atoms with van der Waals surface area (Å²) in [5, 5.41) is 2.83. The van der Waals surface area contributed by atoms with E-state index in [1.807, 2.05) is 42.5 Å². The van der Waals surface area contributed by atoms with Crippen LogP contribution in [0.2, 0.25) is 0 Å². The van der Waals surface area contributed by atoms with Gasteiger partial charge in [0.05, 0.1) is 18.5 Å². The molecule has 3 aromatic rings. The summed E-state index contributed by atoms with van der Waals surface area (Å²) in [5.41, 5.74) is 4.95. The Kier molecular flexibility index (Phi) is 6.35. The van der Waals surface area contributed by atoms with Crippen LogP contribution in [0, 0.1) is 6.08 Å². The Hall–Kier alpha value is -3.66. The summed E-state index contributed by atoms with van der Waals surface area (Å²) in [4.78, 5) is 16.4. The number of carbonyl (C=O) groups is 1. The summed E-state index contributed by atoms with van der Waals surface area (Å²) >= 11 is 0. The number of hydrogen-bond acceptors (Lipinski definition) is 3. The van der Waals surface area contributed by atoms with E-state index in [9.17, 15) is 4.79 Å². The minimum atomic E-state index is -0.479. The molecular formula is C26H23N2O2. The fourth-order valence-electron chi connectivity index (χ4n) is 3.47. The van der Waals surface area contributed by atoms with Gasteiger partial charge in [0.25, 0.3) is 0 Å². The molecule has 1 heterocycles. The number of nitrogens with one attached hydrogen (secondary N) is 1. The minimum absolute atomic E-state index is 0.320. The number of hydrogen-bond donors (Lipinski definition) is 1. The molecule has 4 heteroatoms. The zero-order valence-corrected chi connectivity index (χ0v) is 16.6. The fourth-order valence-corrected chi connectivity index (χ4v) is 3.47. The van der Waals surface area contributed by atoms with Crippen molar-refractivity contribution in [2.75, 3.05) is 11.9 Å². The number of rotatable bonds is 6. The van der Waals surface area contributed by atoms with Crippen molar-refractivity contribution in [2.45, 2.75) is 18.8 Å². The molecule has 1 atom stereocenters. The normalized spacial score (nSPS) is 15.0. The largest absolute Gasteiger partial charge is 0.449 e. The van der Waals surface area contributed by atoms with E-state index in [1.165, 1.54) is 5.56 Å². The molecule has 1 aromatic heterocycles. The first kappa shape index (κ1) is 19.6. The summed E-state index contributed by atoms with van der Waals surface area (Å²) in [6.45, 7) is 0.320. The molecule has 0 saturated carbocycles. The molecule has 0 spiro atoms. The van der Waals surface area contributed by atoms with E-state index < -0.39 is 6.09 Å². The molecule has 1 aliphatic carbocycles. The average Bonchev–Trinajstić information content (AvgIpc) is 2.81. The van der Waals surface area contributed by atoms with Crippen LogP contribution in [0.1, 0.15) is 23.5 Å². The van der Waals surface area contributed by atoms with Gasteiger partial charge in [-0.25, -0.2) is 4.79 Å². The molecule has 2 aromatic carbocycles. The smallest absolute Gasteiger partial charge is 0.411 e. The van der Waals surface area contributed by atoms with Crippen molar-refractivity contribution in [2.24, 2.45) is 0 Å². The average molecular weight is 395 g/mol. The Morgan fingerprint density at radius 1 is 1.10 bits per heavy atom. The first-order chi connectivity index (χ1) is 14.8. The lowest BCUT2D eigenvalue weighted by Gasteiger charge is -2.15. The summed E-state index contributed by atoms with van der Waals surface area (Å²) in [5.74, 6) is 0.384. The van der Waals surface area contributed by atoms with Crippen LogP contribution in [-0.2, 0) is 11.2 Å².